The predicted octanol–water partition coefficient (Wildman–Crippen LogP) is 1.34. The van der Waals surface area contributed by atoms with Gasteiger partial charge in [-0.1, -0.05) is 18.9 Å². The van der Waals surface area contributed by atoms with Crippen LogP contribution in [-0.4, -0.2) is 38.7 Å². The number of nitrogens with two attached hydrogens (primary N) is 1. The van der Waals surface area contributed by atoms with Gasteiger partial charge in [-0.25, -0.2) is 8.42 Å². The number of nitrogen functional groups attached to an aromatic ring is 1. The van der Waals surface area contributed by atoms with Gasteiger partial charge in [0.1, 0.15) is 9.84 Å². The molecule has 132 valence electrons. The number of carbonyl (C=O) groups excluding carboxylic acids is 2. The van der Waals surface area contributed by atoms with Gasteiger partial charge < -0.3 is 11.1 Å². The molecule has 1 saturated carbocycles. The van der Waals surface area contributed by atoms with Crippen molar-refractivity contribution < 1.29 is 18.0 Å². The monoisotopic (exact) mass is 352 g/mol. The zero-order valence-corrected chi connectivity index (χ0v) is 14.7. The second-order valence-corrected chi connectivity index (χ2v) is 8.68. The van der Waals surface area contributed by atoms with Crippen molar-refractivity contribution in [3.8, 4) is 0 Å². The molecular formula is C17H24N2O4S. The maximum Gasteiger partial charge on any atom is 0.224 e. The van der Waals surface area contributed by atoms with Crippen LogP contribution in [0.4, 0.5) is 5.69 Å². The molecule has 1 aliphatic carbocycles. The van der Waals surface area contributed by atoms with Gasteiger partial charge >= 0.3 is 0 Å². The van der Waals surface area contributed by atoms with Crippen LogP contribution >= 0.6 is 0 Å². The fourth-order valence-electron chi connectivity index (χ4n) is 2.96. The van der Waals surface area contributed by atoms with E-state index in [1.54, 1.807) is 18.2 Å². The Balaban J connectivity index is 1.99. The molecule has 3 N–H and O–H groups in total. The normalized spacial score (nSPS) is 15.4. The van der Waals surface area contributed by atoms with Gasteiger partial charge in [-0.2, -0.15) is 0 Å². The van der Waals surface area contributed by atoms with Gasteiger partial charge in [-0.15, -0.1) is 0 Å². The smallest absolute Gasteiger partial charge is 0.224 e. The molecule has 0 bridgehead atoms. The molecule has 0 heterocycles. The quantitative estimate of drug-likeness (QED) is 0.569. The van der Waals surface area contributed by atoms with Crippen LogP contribution in [0.3, 0.4) is 0 Å². The fourth-order valence-corrected chi connectivity index (χ4v) is 3.43. The average molecular weight is 352 g/mol. The molecule has 1 aromatic carbocycles. The van der Waals surface area contributed by atoms with Crippen LogP contribution in [0.25, 0.3) is 0 Å². The van der Waals surface area contributed by atoms with E-state index in [4.69, 9.17) is 5.73 Å². The van der Waals surface area contributed by atoms with Gasteiger partial charge in [0.15, 0.2) is 5.78 Å². The number of ketones is 1. The van der Waals surface area contributed by atoms with Crippen LogP contribution in [0.15, 0.2) is 18.2 Å². The fraction of sp³-hybridized carbons (Fsp3) is 0.529. The standard InChI is InChI=1S/C17H24N2O4S/c1-24(22,23)9-8-19-16(20)11-12-6-7-15(18)14(10-12)17(21)13-4-2-3-5-13/h6-7,10,13H,2-5,8-9,11,18H2,1H3,(H,19,20). The van der Waals surface area contributed by atoms with Gasteiger partial charge in [-0.3, -0.25) is 9.59 Å². The summed E-state index contributed by atoms with van der Waals surface area (Å²) in [5.74, 6) is -0.274. The highest BCUT2D eigenvalue weighted by Gasteiger charge is 2.25. The lowest BCUT2D eigenvalue weighted by atomic mass is 9.93. The summed E-state index contributed by atoms with van der Waals surface area (Å²) in [7, 11) is -3.10. The molecule has 0 saturated heterocycles. The molecule has 1 fully saturated rings. The molecule has 2 rings (SSSR count). The predicted molar refractivity (Wildman–Crippen MR) is 93.6 cm³/mol. The van der Waals surface area contributed by atoms with Gasteiger partial charge in [0, 0.05) is 30.0 Å². The summed E-state index contributed by atoms with van der Waals surface area (Å²) < 4.78 is 22.1. The highest BCUT2D eigenvalue weighted by Crippen LogP contribution is 2.30. The second-order valence-electron chi connectivity index (χ2n) is 6.42. The van der Waals surface area contributed by atoms with Crippen molar-refractivity contribution in [2.24, 2.45) is 5.92 Å². The molecule has 0 atom stereocenters. The number of nitrogens with one attached hydrogen (secondary N) is 1. The minimum absolute atomic E-state index is 0.0335. The van der Waals surface area contributed by atoms with Crippen molar-refractivity contribution in [2.45, 2.75) is 32.1 Å². The molecule has 0 radical (unpaired) electrons. The lowest BCUT2D eigenvalue weighted by molar-refractivity contribution is -0.120. The third kappa shape index (κ3) is 5.33. The Morgan fingerprint density at radius 1 is 1.25 bits per heavy atom. The molecule has 24 heavy (non-hydrogen) atoms. The van der Waals surface area contributed by atoms with E-state index >= 15 is 0 Å². The van der Waals surface area contributed by atoms with E-state index in [-0.39, 0.29) is 36.3 Å². The maximum absolute atomic E-state index is 12.5. The number of carbonyl (C=O) groups is 2. The van der Waals surface area contributed by atoms with E-state index in [0.717, 1.165) is 31.9 Å². The van der Waals surface area contributed by atoms with E-state index in [9.17, 15) is 18.0 Å². The number of benzene rings is 1. The molecule has 0 unspecified atom stereocenters. The number of hydrogen-bond donors (Lipinski definition) is 2. The Morgan fingerprint density at radius 2 is 1.92 bits per heavy atom. The van der Waals surface area contributed by atoms with E-state index in [1.165, 1.54) is 0 Å². The third-order valence-corrected chi connectivity index (χ3v) is 5.21. The van der Waals surface area contributed by atoms with Gasteiger partial charge in [0.2, 0.25) is 5.91 Å². The summed E-state index contributed by atoms with van der Waals surface area (Å²) in [4.78, 5) is 24.4. The number of Topliss-reactive ketones (excluding diaryl/α,β-unsaturated/α-hetero) is 1. The van der Waals surface area contributed by atoms with E-state index in [1.807, 2.05) is 0 Å². The molecule has 1 aromatic rings. The number of anilines is 1. The molecule has 7 heteroatoms. The van der Waals surface area contributed by atoms with Crippen LogP contribution in [0.1, 0.15) is 41.6 Å². The van der Waals surface area contributed by atoms with Crippen LogP contribution in [0.5, 0.6) is 0 Å². The molecule has 1 amide bonds. The summed E-state index contributed by atoms with van der Waals surface area (Å²) in [5.41, 5.74) is 7.55. The lowest BCUT2D eigenvalue weighted by Gasteiger charge is -2.12. The van der Waals surface area contributed by atoms with Crippen molar-refractivity contribution in [1.29, 1.82) is 0 Å². The number of sulfone groups is 1. The maximum atomic E-state index is 12.5. The Morgan fingerprint density at radius 3 is 2.54 bits per heavy atom. The van der Waals surface area contributed by atoms with Gasteiger partial charge in [0.25, 0.3) is 0 Å². The minimum atomic E-state index is -3.10. The average Bonchev–Trinajstić information content (AvgIpc) is 3.01. The van der Waals surface area contributed by atoms with Crippen LogP contribution < -0.4 is 11.1 Å². The van der Waals surface area contributed by atoms with Crippen LogP contribution in [-0.2, 0) is 21.1 Å². The molecular weight excluding hydrogens is 328 g/mol. The molecule has 6 nitrogen and oxygen atoms in total. The van der Waals surface area contributed by atoms with Crippen molar-refractivity contribution in [2.75, 3.05) is 24.3 Å². The first-order valence-electron chi connectivity index (χ1n) is 8.13. The number of amides is 1. The highest BCUT2D eigenvalue weighted by atomic mass is 32.2. The van der Waals surface area contributed by atoms with Crippen molar-refractivity contribution in [1.82, 2.24) is 5.32 Å². The molecule has 0 spiro atoms. The summed E-state index contributed by atoms with van der Waals surface area (Å²) >= 11 is 0. The summed E-state index contributed by atoms with van der Waals surface area (Å²) in [6.45, 7) is 0.0838. The number of hydrogen-bond acceptors (Lipinski definition) is 5. The first-order valence-corrected chi connectivity index (χ1v) is 10.2. The Hall–Kier alpha value is -1.89. The third-order valence-electron chi connectivity index (χ3n) is 4.27. The SMILES string of the molecule is CS(=O)(=O)CCNC(=O)Cc1ccc(N)c(C(=O)C2CCCC2)c1. The van der Waals surface area contributed by atoms with Gasteiger partial charge in [-0.05, 0) is 30.5 Å². The topological polar surface area (TPSA) is 106 Å². The van der Waals surface area contributed by atoms with Crippen molar-refractivity contribution in [3.63, 3.8) is 0 Å². The van der Waals surface area contributed by atoms with E-state index in [2.05, 4.69) is 5.32 Å². The summed E-state index contributed by atoms with van der Waals surface area (Å²) in [6.07, 6.45) is 5.15. The first kappa shape index (κ1) is 18.4. The van der Waals surface area contributed by atoms with Crippen molar-refractivity contribution in [3.05, 3.63) is 29.3 Å². The first-order chi connectivity index (χ1) is 11.3. The minimum Gasteiger partial charge on any atom is -0.398 e. The largest absolute Gasteiger partial charge is 0.398 e. The van der Waals surface area contributed by atoms with Crippen LogP contribution in [0, 0.1) is 5.92 Å². The lowest BCUT2D eigenvalue weighted by Crippen LogP contribution is -2.30. The van der Waals surface area contributed by atoms with Crippen LogP contribution in [0.2, 0.25) is 0 Å². The molecule has 0 aromatic heterocycles. The zero-order valence-electron chi connectivity index (χ0n) is 13.9. The zero-order chi connectivity index (χ0) is 17.7. The highest BCUT2D eigenvalue weighted by molar-refractivity contribution is 7.90. The Kier molecular flexibility index (Phi) is 5.99. The van der Waals surface area contributed by atoms with Crippen molar-refractivity contribution >= 4 is 27.2 Å². The van der Waals surface area contributed by atoms with E-state index < -0.39 is 9.84 Å². The molecule has 0 aliphatic heterocycles. The number of rotatable bonds is 7. The second kappa shape index (κ2) is 7.79. The summed E-state index contributed by atoms with van der Waals surface area (Å²) in [5, 5.41) is 2.57. The summed E-state index contributed by atoms with van der Waals surface area (Å²) in [6, 6.07) is 5.06. The Labute approximate surface area is 142 Å². The molecule has 1 aliphatic rings. The van der Waals surface area contributed by atoms with Gasteiger partial charge in [0.05, 0.1) is 12.2 Å². The Bertz CT molecular complexity index is 722. The van der Waals surface area contributed by atoms with E-state index in [0.29, 0.717) is 16.8 Å².